The highest BCUT2D eigenvalue weighted by molar-refractivity contribution is 7.69. The number of halogens is 1. The number of benzene rings is 2. The predicted molar refractivity (Wildman–Crippen MR) is 96.2 cm³/mol. The van der Waals surface area contributed by atoms with Crippen LogP contribution in [0.25, 0.3) is 10.9 Å². The van der Waals surface area contributed by atoms with Gasteiger partial charge in [0.25, 0.3) is 5.91 Å². The van der Waals surface area contributed by atoms with E-state index in [2.05, 4.69) is 11.1 Å². The third-order valence-corrected chi connectivity index (χ3v) is 5.79. The number of aromatic amines is 1. The van der Waals surface area contributed by atoms with Gasteiger partial charge in [-0.25, -0.2) is 0 Å². The number of hydrogen-bond donors (Lipinski definition) is 2. The number of primary amides is 1. The molecule has 3 rings (SSSR count). The summed E-state index contributed by atoms with van der Waals surface area (Å²) in [5.74, 6) is -0.571. The maximum Gasteiger partial charge on any atom is 0.265 e. The molecule has 5 nitrogen and oxygen atoms in total. The van der Waals surface area contributed by atoms with Crippen LogP contribution in [0.15, 0.2) is 42.5 Å². The van der Waals surface area contributed by atoms with Gasteiger partial charge in [-0.3, -0.25) is 4.79 Å². The molecule has 2 aromatic carbocycles. The first-order chi connectivity index (χ1) is 11.5. The van der Waals surface area contributed by atoms with Crippen molar-refractivity contribution in [1.29, 1.82) is 5.26 Å². The Morgan fingerprint density at radius 2 is 2.12 bits per heavy atom. The number of hydrogen-bond acceptors (Lipinski definition) is 3. The average molecular weight is 358 g/mol. The van der Waals surface area contributed by atoms with E-state index in [1.54, 1.807) is 43.5 Å². The molecule has 0 aliphatic carbocycles. The molecule has 1 amide bonds. The van der Waals surface area contributed by atoms with Crippen LogP contribution >= 0.6 is 19.7 Å². The number of nitrogens with two attached hydrogens (primary N) is 1. The predicted octanol–water partition coefficient (Wildman–Crippen LogP) is 2.79. The molecule has 7 heteroatoms. The van der Waals surface area contributed by atoms with Crippen molar-refractivity contribution < 1.29 is 9.32 Å². The van der Waals surface area contributed by atoms with E-state index in [1.807, 2.05) is 6.07 Å². The Balaban J connectivity index is 2.28. The molecular formula is C17H13ClN3O2P. The molecule has 120 valence electrons. The fourth-order valence-electron chi connectivity index (χ4n) is 2.57. The molecule has 0 bridgehead atoms. The Labute approximate surface area is 144 Å². The van der Waals surface area contributed by atoms with Gasteiger partial charge in [0, 0.05) is 33.6 Å². The van der Waals surface area contributed by atoms with Crippen LogP contribution in [0.3, 0.4) is 0 Å². The van der Waals surface area contributed by atoms with Gasteiger partial charge in [0.2, 0.25) is 0 Å². The first kappa shape index (κ1) is 16.5. The number of fused-ring (bicyclic) bond motifs is 1. The second-order valence-corrected chi connectivity index (χ2v) is 7.40. The molecule has 3 N–H and O–H groups in total. The summed E-state index contributed by atoms with van der Waals surface area (Å²) < 4.78 is 5.70. The molecule has 0 saturated carbocycles. The number of nitrogens with one attached hydrogen (secondary N) is 1. The summed E-state index contributed by atoms with van der Waals surface area (Å²) >= 11 is 6.11. The zero-order chi connectivity index (χ0) is 17.3. The average Bonchev–Trinajstić information content (AvgIpc) is 2.95. The maximum atomic E-state index is 11.9. The van der Waals surface area contributed by atoms with Gasteiger partial charge in [-0.15, -0.1) is 0 Å². The number of carbonyl (C=O) groups excluding carboxylic acids is 1. The van der Waals surface area contributed by atoms with Crippen molar-refractivity contribution in [3.05, 3.63) is 58.7 Å². The molecule has 24 heavy (non-hydrogen) atoms. The normalized spacial score (nSPS) is 12.0. The highest BCUT2D eigenvalue weighted by Gasteiger charge is 2.25. The third kappa shape index (κ3) is 2.88. The van der Waals surface area contributed by atoms with E-state index in [0.717, 1.165) is 16.2 Å². The smallest absolute Gasteiger partial charge is 0.265 e. The number of aromatic nitrogens is 1. The van der Waals surface area contributed by atoms with Crippen molar-refractivity contribution >= 4 is 47.2 Å². The SMILES string of the molecule is COP(c1cccc(C#N)c1)c1c(C(N)=O)[nH]c2ccc(Cl)cc12. The zero-order valence-electron chi connectivity index (χ0n) is 12.7. The molecular weight excluding hydrogens is 345 g/mol. The quantitative estimate of drug-likeness (QED) is 0.703. The maximum absolute atomic E-state index is 11.9. The molecule has 0 aliphatic heterocycles. The Morgan fingerprint density at radius 1 is 1.33 bits per heavy atom. The van der Waals surface area contributed by atoms with Crippen LogP contribution in [0.2, 0.25) is 5.02 Å². The molecule has 1 unspecified atom stereocenters. The summed E-state index contributed by atoms with van der Waals surface area (Å²) in [4.78, 5) is 15.0. The summed E-state index contributed by atoms with van der Waals surface area (Å²) in [7, 11) is 0.228. The molecule has 0 aliphatic rings. The number of H-pyrrole nitrogens is 1. The minimum absolute atomic E-state index is 0.294. The van der Waals surface area contributed by atoms with Gasteiger partial charge < -0.3 is 15.2 Å². The molecule has 1 atom stereocenters. The topological polar surface area (TPSA) is 91.9 Å². The lowest BCUT2D eigenvalue weighted by molar-refractivity contribution is 0.0997. The minimum Gasteiger partial charge on any atom is -0.364 e. The Bertz CT molecular complexity index is 978. The largest absolute Gasteiger partial charge is 0.364 e. The van der Waals surface area contributed by atoms with E-state index < -0.39 is 14.1 Å². The Hall–Kier alpha value is -2.38. The number of rotatable bonds is 4. The summed E-state index contributed by atoms with van der Waals surface area (Å²) in [6.45, 7) is 0. The molecule has 1 aromatic heterocycles. The third-order valence-electron chi connectivity index (χ3n) is 3.58. The van der Waals surface area contributed by atoms with Crippen molar-refractivity contribution in [3.8, 4) is 6.07 Å². The summed E-state index contributed by atoms with van der Waals surface area (Å²) in [6.07, 6.45) is 0. The van der Waals surface area contributed by atoms with E-state index in [1.165, 1.54) is 0 Å². The van der Waals surface area contributed by atoms with E-state index in [9.17, 15) is 4.79 Å². The van der Waals surface area contributed by atoms with E-state index in [4.69, 9.17) is 27.1 Å². The first-order valence-electron chi connectivity index (χ1n) is 7.00. The molecule has 0 radical (unpaired) electrons. The molecule has 0 saturated heterocycles. The van der Waals surface area contributed by atoms with Gasteiger partial charge >= 0.3 is 0 Å². The van der Waals surface area contributed by atoms with Crippen molar-refractivity contribution in [1.82, 2.24) is 4.98 Å². The zero-order valence-corrected chi connectivity index (χ0v) is 14.4. The van der Waals surface area contributed by atoms with Gasteiger partial charge in [-0.2, -0.15) is 5.26 Å². The summed E-state index contributed by atoms with van der Waals surface area (Å²) in [6, 6.07) is 14.5. The molecule has 0 fully saturated rings. The van der Waals surface area contributed by atoms with Crippen molar-refractivity contribution in [2.24, 2.45) is 5.73 Å². The van der Waals surface area contributed by atoms with Gasteiger partial charge in [0.05, 0.1) is 19.8 Å². The van der Waals surface area contributed by atoms with Crippen LogP contribution in [0.1, 0.15) is 16.1 Å². The molecule has 0 spiro atoms. The summed E-state index contributed by atoms with van der Waals surface area (Å²) in [5, 5.41) is 11.9. The van der Waals surface area contributed by atoms with Crippen LogP contribution < -0.4 is 16.3 Å². The van der Waals surface area contributed by atoms with Crippen LogP contribution in [0.5, 0.6) is 0 Å². The van der Waals surface area contributed by atoms with Gasteiger partial charge in [-0.1, -0.05) is 23.7 Å². The summed E-state index contributed by atoms with van der Waals surface area (Å²) in [5.41, 5.74) is 7.11. The standard InChI is InChI=1S/C17H13ClN3O2P/c1-23-24(12-4-2-3-10(7-12)9-19)16-13-8-11(18)5-6-14(13)21-15(16)17(20)22/h2-8,21H,1H3,(H2,20,22). The molecule has 3 aromatic rings. The van der Waals surface area contributed by atoms with Crippen LogP contribution in [-0.4, -0.2) is 18.0 Å². The van der Waals surface area contributed by atoms with E-state index in [-0.39, 0.29) is 0 Å². The van der Waals surface area contributed by atoms with Crippen LogP contribution in [-0.2, 0) is 4.52 Å². The highest BCUT2D eigenvalue weighted by Crippen LogP contribution is 2.39. The fourth-order valence-corrected chi connectivity index (χ4v) is 4.64. The number of nitrogens with zero attached hydrogens (tertiary/aromatic N) is 1. The van der Waals surface area contributed by atoms with Gasteiger partial charge in [0.15, 0.2) is 0 Å². The molecule has 1 heterocycles. The monoisotopic (exact) mass is 357 g/mol. The second-order valence-electron chi connectivity index (χ2n) is 5.04. The minimum atomic E-state index is -1.34. The Morgan fingerprint density at radius 3 is 2.79 bits per heavy atom. The number of amides is 1. The van der Waals surface area contributed by atoms with E-state index in [0.29, 0.717) is 21.6 Å². The number of carbonyl (C=O) groups is 1. The first-order valence-corrected chi connectivity index (χ1v) is 8.64. The Kier molecular flexibility index (Phi) is 4.55. The van der Waals surface area contributed by atoms with Gasteiger partial charge in [0.1, 0.15) is 5.69 Å². The van der Waals surface area contributed by atoms with Crippen LogP contribution in [0.4, 0.5) is 0 Å². The van der Waals surface area contributed by atoms with E-state index >= 15 is 0 Å². The van der Waals surface area contributed by atoms with Crippen molar-refractivity contribution in [3.63, 3.8) is 0 Å². The fraction of sp³-hybridized carbons (Fsp3) is 0.0588. The van der Waals surface area contributed by atoms with Gasteiger partial charge in [-0.05, 0) is 30.3 Å². The van der Waals surface area contributed by atoms with Crippen molar-refractivity contribution in [2.45, 2.75) is 0 Å². The van der Waals surface area contributed by atoms with Crippen LogP contribution in [0, 0.1) is 11.3 Å². The number of nitriles is 1. The second kappa shape index (κ2) is 6.62. The van der Waals surface area contributed by atoms with Crippen molar-refractivity contribution in [2.75, 3.05) is 7.11 Å². The lowest BCUT2D eigenvalue weighted by atomic mass is 10.2. The highest BCUT2D eigenvalue weighted by atomic mass is 35.5. The lowest BCUT2D eigenvalue weighted by Gasteiger charge is -2.16. The lowest BCUT2D eigenvalue weighted by Crippen LogP contribution is -2.23.